The topological polar surface area (TPSA) is 52.4 Å². The van der Waals surface area contributed by atoms with Gasteiger partial charge in [-0.2, -0.15) is 0 Å². The Bertz CT molecular complexity index is 314. The number of ether oxygens (including phenoxy) is 1. The summed E-state index contributed by atoms with van der Waals surface area (Å²) in [7, 11) is 1.49. The maximum Gasteiger partial charge on any atom is 0.273 e. The van der Waals surface area contributed by atoms with E-state index in [9.17, 15) is 10.1 Å². The molecule has 0 unspecified atom stereocenters. The predicted molar refractivity (Wildman–Crippen MR) is 52.4 cm³/mol. The second-order valence-electron chi connectivity index (χ2n) is 2.08. The first kappa shape index (κ1) is 9.24. The van der Waals surface area contributed by atoms with Crippen LogP contribution in [0.4, 0.5) is 5.69 Å². The Morgan fingerprint density at radius 3 is 2.75 bits per heavy atom. The van der Waals surface area contributed by atoms with Crippen LogP contribution in [-0.4, -0.2) is 12.0 Å². The van der Waals surface area contributed by atoms with Gasteiger partial charge in [0.05, 0.1) is 21.7 Å². The molecule has 0 radical (unpaired) electrons. The normalized spacial score (nSPS) is 9.50. The molecule has 0 heterocycles. The number of nitro benzene ring substituents is 1. The van der Waals surface area contributed by atoms with Crippen molar-refractivity contribution in [3.05, 3.63) is 31.9 Å². The molecule has 0 amide bonds. The second kappa shape index (κ2) is 3.70. The lowest BCUT2D eigenvalue weighted by molar-refractivity contribution is -0.384. The molecule has 1 aromatic carbocycles. The second-order valence-corrected chi connectivity index (χ2v) is 3.24. The molecule has 0 saturated carbocycles. The van der Waals surface area contributed by atoms with E-state index in [1.54, 1.807) is 6.07 Å². The third-order valence-corrected chi connectivity index (χ3v) is 2.24. The van der Waals surface area contributed by atoms with E-state index in [2.05, 4.69) is 22.6 Å². The number of hydrogen-bond acceptors (Lipinski definition) is 3. The van der Waals surface area contributed by atoms with Gasteiger partial charge in [0, 0.05) is 6.07 Å². The number of nitrogens with zero attached hydrogens (tertiary/aromatic N) is 1. The Kier molecular flexibility index (Phi) is 2.85. The minimum absolute atomic E-state index is 0.0484. The summed E-state index contributed by atoms with van der Waals surface area (Å²) in [4.78, 5) is 9.88. The number of nitro groups is 1. The van der Waals surface area contributed by atoms with E-state index in [0.717, 1.165) is 3.57 Å². The van der Waals surface area contributed by atoms with Gasteiger partial charge in [-0.05, 0) is 28.7 Å². The van der Waals surface area contributed by atoms with E-state index in [-0.39, 0.29) is 5.69 Å². The highest BCUT2D eigenvalue weighted by molar-refractivity contribution is 14.1. The molecule has 0 aromatic heterocycles. The molecule has 0 aliphatic rings. The largest absolute Gasteiger partial charge is 0.495 e. The molecule has 5 heteroatoms. The fourth-order valence-corrected chi connectivity index (χ4v) is 1.32. The summed E-state index contributed by atoms with van der Waals surface area (Å²) < 4.78 is 5.79. The third-order valence-electron chi connectivity index (χ3n) is 1.35. The molecular formula is C7H6INO3. The van der Waals surface area contributed by atoms with Gasteiger partial charge in [-0.1, -0.05) is 0 Å². The Balaban J connectivity index is 3.13. The highest BCUT2D eigenvalue weighted by Gasteiger charge is 2.08. The molecular weight excluding hydrogens is 273 g/mol. The molecule has 0 fully saturated rings. The summed E-state index contributed by atoms with van der Waals surface area (Å²) in [6.07, 6.45) is 0. The van der Waals surface area contributed by atoms with Crippen molar-refractivity contribution in [3.63, 3.8) is 0 Å². The van der Waals surface area contributed by atoms with Crippen molar-refractivity contribution >= 4 is 28.3 Å². The van der Waals surface area contributed by atoms with Crippen LogP contribution >= 0.6 is 22.6 Å². The van der Waals surface area contributed by atoms with Gasteiger partial charge in [0.1, 0.15) is 5.75 Å². The predicted octanol–water partition coefficient (Wildman–Crippen LogP) is 2.21. The molecule has 0 aliphatic heterocycles. The van der Waals surface area contributed by atoms with Gasteiger partial charge in [0.25, 0.3) is 5.69 Å². The molecule has 1 aromatic rings. The van der Waals surface area contributed by atoms with Crippen molar-refractivity contribution < 1.29 is 9.66 Å². The Hall–Kier alpha value is -0.850. The fourth-order valence-electron chi connectivity index (χ4n) is 0.762. The third kappa shape index (κ3) is 1.84. The quantitative estimate of drug-likeness (QED) is 0.474. The minimum Gasteiger partial charge on any atom is -0.495 e. The number of methoxy groups -OCH3 is 1. The average Bonchev–Trinajstić information content (AvgIpc) is 2.05. The highest BCUT2D eigenvalue weighted by atomic mass is 127. The van der Waals surface area contributed by atoms with E-state index < -0.39 is 4.92 Å². The number of non-ortho nitro benzene ring substituents is 1. The van der Waals surface area contributed by atoms with E-state index in [1.165, 1.54) is 19.2 Å². The molecule has 0 aliphatic carbocycles. The molecule has 0 atom stereocenters. The van der Waals surface area contributed by atoms with Crippen molar-refractivity contribution in [2.75, 3.05) is 7.11 Å². The zero-order valence-electron chi connectivity index (χ0n) is 6.28. The first-order chi connectivity index (χ1) is 5.65. The first-order valence-corrected chi connectivity index (χ1v) is 4.21. The van der Waals surface area contributed by atoms with E-state index in [4.69, 9.17) is 4.74 Å². The van der Waals surface area contributed by atoms with E-state index in [0.29, 0.717) is 5.75 Å². The SMILES string of the molecule is COc1cc([N+](=O)[O-])ccc1I. The summed E-state index contributed by atoms with van der Waals surface area (Å²) in [6, 6.07) is 4.50. The van der Waals surface area contributed by atoms with Crippen LogP contribution < -0.4 is 4.74 Å². The van der Waals surface area contributed by atoms with Crippen LogP contribution in [0.3, 0.4) is 0 Å². The molecule has 1 rings (SSSR count). The average molecular weight is 279 g/mol. The van der Waals surface area contributed by atoms with Gasteiger partial charge in [0.15, 0.2) is 0 Å². The lowest BCUT2D eigenvalue weighted by atomic mass is 10.3. The Morgan fingerprint density at radius 1 is 1.58 bits per heavy atom. The number of hydrogen-bond donors (Lipinski definition) is 0. The molecule has 64 valence electrons. The smallest absolute Gasteiger partial charge is 0.273 e. The Labute approximate surface area is 82.8 Å². The molecule has 0 N–H and O–H groups in total. The van der Waals surface area contributed by atoms with Crippen LogP contribution in [0.5, 0.6) is 5.75 Å². The fraction of sp³-hybridized carbons (Fsp3) is 0.143. The molecule has 0 spiro atoms. The van der Waals surface area contributed by atoms with Crippen LogP contribution in [0.2, 0.25) is 0 Å². The summed E-state index contributed by atoms with van der Waals surface area (Å²) in [5.74, 6) is 0.532. The van der Waals surface area contributed by atoms with E-state index >= 15 is 0 Å². The van der Waals surface area contributed by atoms with Gasteiger partial charge in [-0.3, -0.25) is 10.1 Å². The van der Waals surface area contributed by atoms with Crippen LogP contribution in [0, 0.1) is 13.7 Å². The zero-order chi connectivity index (χ0) is 9.14. The van der Waals surface area contributed by atoms with Crippen LogP contribution in [0.15, 0.2) is 18.2 Å². The van der Waals surface area contributed by atoms with Crippen molar-refractivity contribution in [1.29, 1.82) is 0 Å². The number of rotatable bonds is 2. The first-order valence-electron chi connectivity index (χ1n) is 3.13. The van der Waals surface area contributed by atoms with Crippen molar-refractivity contribution in [3.8, 4) is 5.75 Å². The van der Waals surface area contributed by atoms with Gasteiger partial charge >= 0.3 is 0 Å². The van der Waals surface area contributed by atoms with Crippen LogP contribution in [-0.2, 0) is 0 Å². The lowest BCUT2D eigenvalue weighted by Crippen LogP contribution is -1.91. The van der Waals surface area contributed by atoms with Gasteiger partial charge in [0.2, 0.25) is 0 Å². The van der Waals surface area contributed by atoms with E-state index in [1.807, 2.05) is 0 Å². The van der Waals surface area contributed by atoms with Gasteiger partial charge < -0.3 is 4.74 Å². The molecule has 0 bridgehead atoms. The zero-order valence-corrected chi connectivity index (χ0v) is 8.44. The maximum atomic E-state index is 10.3. The Morgan fingerprint density at radius 2 is 2.25 bits per heavy atom. The van der Waals surface area contributed by atoms with Gasteiger partial charge in [-0.25, -0.2) is 0 Å². The highest BCUT2D eigenvalue weighted by Crippen LogP contribution is 2.25. The summed E-state index contributed by atoms with van der Waals surface area (Å²) in [5.41, 5.74) is 0.0484. The summed E-state index contributed by atoms with van der Waals surface area (Å²) >= 11 is 2.05. The standard InChI is InChI=1S/C7H6INO3/c1-12-7-4-5(9(10)11)2-3-6(7)8/h2-4H,1H3. The van der Waals surface area contributed by atoms with Crippen molar-refractivity contribution in [2.45, 2.75) is 0 Å². The van der Waals surface area contributed by atoms with Crippen molar-refractivity contribution in [1.82, 2.24) is 0 Å². The monoisotopic (exact) mass is 279 g/mol. The van der Waals surface area contributed by atoms with Crippen LogP contribution in [0.1, 0.15) is 0 Å². The van der Waals surface area contributed by atoms with Gasteiger partial charge in [-0.15, -0.1) is 0 Å². The summed E-state index contributed by atoms with van der Waals surface area (Å²) in [6.45, 7) is 0. The molecule has 12 heavy (non-hydrogen) atoms. The van der Waals surface area contributed by atoms with Crippen molar-refractivity contribution in [2.24, 2.45) is 0 Å². The lowest BCUT2D eigenvalue weighted by Gasteiger charge is -2.01. The maximum absolute atomic E-state index is 10.3. The number of benzene rings is 1. The molecule has 4 nitrogen and oxygen atoms in total. The molecule has 0 saturated heterocycles. The number of halogens is 1. The minimum atomic E-state index is -0.446. The summed E-state index contributed by atoms with van der Waals surface area (Å²) in [5, 5.41) is 10.3. The van der Waals surface area contributed by atoms with Crippen LogP contribution in [0.25, 0.3) is 0 Å².